The predicted octanol–water partition coefficient (Wildman–Crippen LogP) is 5.74. The number of benzene rings is 3. The number of aryl methyl sites for hydroxylation is 2. The van der Waals surface area contributed by atoms with Crippen LogP contribution in [0.5, 0.6) is 0 Å². The summed E-state index contributed by atoms with van der Waals surface area (Å²) in [7, 11) is 0. The number of ketones is 1. The Bertz CT molecular complexity index is 942. The first kappa shape index (κ1) is 18.9. The molecule has 1 atom stereocenters. The smallest absolute Gasteiger partial charge is 0.339 e. The van der Waals surface area contributed by atoms with Gasteiger partial charge in [0.2, 0.25) is 5.78 Å². The number of carbonyl (C=O) groups excluding carboxylic acids is 2. The van der Waals surface area contributed by atoms with E-state index in [1.165, 1.54) is 0 Å². The lowest BCUT2D eigenvalue weighted by Crippen LogP contribution is -2.20. The molecule has 0 aromatic heterocycles. The fourth-order valence-corrected chi connectivity index (χ4v) is 2.77. The highest BCUT2D eigenvalue weighted by Crippen LogP contribution is 2.25. The van der Waals surface area contributed by atoms with Gasteiger partial charge in [0.25, 0.3) is 0 Å². The molecule has 3 aromatic carbocycles. The molecule has 0 aliphatic heterocycles. The van der Waals surface area contributed by atoms with Crippen LogP contribution in [0.25, 0.3) is 0 Å². The first-order valence-electron chi connectivity index (χ1n) is 8.58. The Hall–Kier alpha value is -2.91. The van der Waals surface area contributed by atoms with Crippen LogP contribution in [0.4, 0.5) is 0 Å². The maximum atomic E-state index is 13.1. The van der Waals surface area contributed by atoms with Crippen LogP contribution in [0.2, 0.25) is 5.02 Å². The largest absolute Gasteiger partial charge is 0.445 e. The fraction of sp³-hybridized carbons (Fsp3) is 0.130. The second kappa shape index (κ2) is 8.19. The average Bonchev–Trinajstić information content (AvgIpc) is 2.67. The van der Waals surface area contributed by atoms with Crippen molar-refractivity contribution in [1.82, 2.24) is 0 Å². The molecule has 0 aliphatic carbocycles. The van der Waals surface area contributed by atoms with Gasteiger partial charge in [0.1, 0.15) is 0 Å². The summed E-state index contributed by atoms with van der Waals surface area (Å²) in [6.45, 7) is 3.91. The first-order chi connectivity index (χ1) is 12.9. The second-order valence-corrected chi connectivity index (χ2v) is 6.87. The summed E-state index contributed by atoms with van der Waals surface area (Å²) >= 11 is 5.87. The zero-order valence-corrected chi connectivity index (χ0v) is 15.9. The van der Waals surface area contributed by atoms with Crippen LogP contribution in [0, 0.1) is 13.8 Å². The lowest BCUT2D eigenvalue weighted by molar-refractivity contribution is 0.0280. The molecule has 0 heterocycles. The Morgan fingerprint density at radius 2 is 1.22 bits per heavy atom. The van der Waals surface area contributed by atoms with Crippen LogP contribution in [-0.2, 0) is 4.74 Å². The molecule has 0 saturated heterocycles. The lowest BCUT2D eigenvalue weighted by atomic mass is 9.98. The van der Waals surface area contributed by atoms with E-state index in [-0.39, 0.29) is 5.78 Å². The first-order valence-corrected chi connectivity index (χ1v) is 8.96. The second-order valence-electron chi connectivity index (χ2n) is 6.43. The Labute approximate surface area is 163 Å². The molecule has 136 valence electrons. The minimum absolute atomic E-state index is 0.263. The molecule has 27 heavy (non-hydrogen) atoms. The van der Waals surface area contributed by atoms with Crippen molar-refractivity contribution in [1.29, 1.82) is 0 Å². The molecule has 3 aromatic rings. The molecule has 0 N–H and O–H groups in total. The van der Waals surface area contributed by atoms with Crippen molar-refractivity contribution in [3.8, 4) is 0 Å². The van der Waals surface area contributed by atoms with Gasteiger partial charge in [0.05, 0.1) is 5.56 Å². The van der Waals surface area contributed by atoms with E-state index in [2.05, 4.69) is 0 Å². The van der Waals surface area contributed by atoms with Crippen LogP contribution in [0.1, 0.15) is 43.5 Å². The quantitative estimate of drug-likeness (QED) is 0.420. The van der Waals surface area contributed by atoms with Crippen LogP contribution >= 0.6 is 11.6 Å². The normalized spacial score (nSPS) is 11.7. The summed E-state index contributed by atoms with van der Waals surface area (Å²) in [5.74, 6) is -0.834. The molecule has 4 heteroatoms. The van der Waals surface area contributed by atoms with Gasteiger partial charge in [-0.05, 0) is 38.1 Å². The molecule has 0 fully saturated rings. The summed E-state index contributed by atoms with van der Waals surface area (Å²) in [4.78, 5) is 25.6. The van der Waals surface area contributed by atoms with Crippen molar-refractivity contribution in [2.75, 3.05) is 0 Å². The zero-order chi connectivity index (χ0) is 19.4. The van der Waals surface area contributed by atoms with Gasteiger partial charge in [-0.3, -0.25) is 4.79 Å². The van der Waals surface area contributed by atoms with Crippen molar-refractivity contribution >= 4 is 23.4 Å². The highest BCUT2D eigenvalue weighted by molar-refractivity contribution is 6.30. The van der Waals surface area contributed by atoms with Crippen LogP contribution in [0.3, 0.4) is 0 Å². The third kappa shape index (κ3) is 4.63. The number of halogens is 1. The third-order valence-electron chi connectivity index (χ3n) is 4.26. The molecule has 0 amide bonds. The SMILES string of the molecule is Cc1ccc(C(=O)[C@@H](OC(=O)c2ccc(Cl)cc2)c2ccc(C)cc2)cc1. The number of rotatable bonds is 5. The highest BCUT2D eigenvalue weighted by Gasteiger charge is 2.26. The van der Waals surface area contributed by atoms with Crippen LogP contribution in [0.15, 0.2) is 72.8 Å². The number of esters is 1. The van der Waals surface area contributed by atoms with E-state index in [4.69, 9.17) is 16.3 Å². The molecular weight excluding hydrogens is 360 g/mol. The molecular formula is C23H19ClO3. The predicted molar refractivity (Wildman–Crippen MR) is 106 cm³/mol. The molecule has 0 radical (unpaired) electrons. The Kier molecular flexibility index (Phi) is 5.72. The van der Waals surface area contributed by atoms with E-state index in [1.807, 2.05) is 38.1 Å². The van der Waals surface area contributed by atoms with Gasteiger partial charge in [0.15, 0.2) is 6.10 Å². The summed E-state index contributed by atoms with van der Waals surface area (Å²) < 4.78 is 5.62. The number of Topliss-reactive ketones (excluding diaryl/α,β-unsaturated/α-hetero) is 1. The summed E-state index contributed by atoms with van der Waals surface area (Å²) in [5.41, 5.74) is 3.58. The maximum absolute atomic E-state index is 13.1. The topological polar surface area (TPSA) is 43.4 Å². The van der Waals surface area contributed by atoms with E-state index < -0.39 is 12.1 Å². The Balaban J connectivity index is 1.93. The summed E-state index contributed by atoms with van der Waals surface area (Å²) in [6.07, 6.45) is -1.02. The minimum atomic E-state index is -1.02. The van der Waals surface area contributed by atoms with E-state index in [0.717, 1.165) is 11.1 Å². The van der Waals surface area contributed by atoms with Crippen molar-refractivity contribution in [3.63, 3.8) is 0 Å². The Morgan fingerprint density at radius 3 is 1.78 bits per heavy atom. The Morgan fingerprint density at radius 1 is 0.741 bits per heavy atom. The number of ether oxygens (including phenoxy) is 1. The van der Waals surface area contributed by atoms with Gasteiger partial charge < -0.3 is 4.74 Å². The standard InChI is InChI=1S/C23H19ClO3/c1-15-3-7-17(8-4-15)21(25)22(18-9-5-16(2)6-10-18)27-23(26)19-11-13-20(24)14-12-19/h3-14,22H,1-2H3/t22-/m0/s1. The van der Waals surface area contributed by atoms with Gasteiger partial charge in [-0.2, -0.15) is 0 Å². The molecule has 0 unspecified atom stereocenters. The monoisotopic (exact) mass is 378 g/mol. The van der Waals surface area contributed by atoms with E-state index in [0.29, 0.717) is 21.7 Å². The molecule has 3 rings (SSSR count). The van der Waals surface area contributed by atoms with E-state index in [9.17, 15) is 9.59 Å². The third-order valence-corrected chi connectivity index (χ3v) is 4.51. The van der Waals surface area contributed by atoms with Gasteiger partial charge in [-0.1, -0.05) is 71.3 Å². The summed E-state index contributed by atoms with van der Waals surface area (Å²) in [6, 6.07) is 21.0. The molecule has 0 bridgehead atoms. The van der Waals surface area contributed by atoms with Crippen LogP contribution in [-0.4, -0.2) is 11.8 Å². The lowest BCUT2D eigenvalue weighted by Gasteiger charge is -2.18. The fourth-order valence-electron chi connectivity index (χ4n) is 2.64. The van der Waals surface area contributed by atoms with Crippen LogP contribution < -0.4 is 0 Å². The van der Waals surface area contributed by atoms with E-state index in [1.54, 1.807) is 48.5 Å². The number of hydrogen-bond donors (Lipinski definition) is 0. The molecule has 0 spiro atoms. The maximum Gasteiger partial charge on any atom is 0.339 e. The minimum Gasteiger partial charge on any atom is -0.445 e. The highest BCUT2D eigenvalue weighted by atomic mass is 35.5. The van der Waals surface area contributed by atoms with Gasteiger partial charge in [-0.25, -0.2) is 4.79 Å². The van der Waals surface area contributed by atoms with Gasteiger partial charge >= 0.3 is 5.97 Å². The van der Waals surface area contributed by atoms with Crippen molar-refractivity contribution in [2.45, 2.75) is 20.0 Å². The zero-order valence-electron chi connectivity index (χ0n) is 15.1. The van der Waals surface area contributed by atoms with Gasteiger partial charge in [-0.15, -0.1) is 0 Å². The van der Waals surface area contributed by atoms with Crippen molar-refractivity contribution < 1.29 is 14.3 Å². The van der Waals surface area contributed by atoms with E-state index >= 15 is 0 Å². The van der Waals surface area contributed by atoms with Crippen molar-refractivity contribution in [2.24, 2.45) is 0 Å². The molecule has 3 nitrogen and oxygen atoms in total. The molecule has 0 saturated carbocycles. The summed E-state index contributed by atoms with van der Waals surface area (Å²) in [5, 5.41) is 0.525. The van der Waals surface area contributed by atoms with Crippen molar-refractivity contribution in [3.05, 3.63) is 106 Å². The number of hydrogen-bond acceptors (Lipinski definition) is 3. The average molecular weight is 379 g/mol. The number of carbonyl (C=O) groups is 2. The van der Waals surface area contributed by atoms with Gasteiger partial charge in [0, 0.05) is 16.1 Å². The molecule has 0 aliphatic rings.